The quantitative estimate of drug-likeness (QED) is 0.499. The van der Waals surface area contributed by atoms with Gasteiger partial charge in [-0.15, -0.1) is 0 Å². The summed E-state index contributed by atoms with van der Waals surface area (Å²) < 4.78 is 2.80. The minimum absolute atomic E-state index is 0. The standard InChI is InChI=1S/C27H40NSi.2ClH.Zr/c1-25(2,3)18-12-14-20-21-15-13-19(26(4,5)6)17-23(21)24(22(20)16-18)29(10,11)28-27(7,8)9;;;/h12-17,24H,1-11H3;2*1H;/q-1;;;+3/p-2. The van der Waals surface area contributed by atoms with E-state index in [1.165, 1.54) is 47.3 Å². The van der Waals surface area contributed by atoms with Crippen LogP contribution >= 0.6 is 0 Å². The van der Waals surface area contributed by atoms with Gasteiger partial charge in [-0.25, -0.2) is 0 Å². The first-order valence-corrected chi connectivity index (χ1v) is 15.4. The Balaban J connectivity index is 0.00000256. The molecule has 0 heterocycles. The van der Waals surface area contributed by atoms with Gasteiger partial charge in [-0.2, -0.15) is 0 Å². The number of rotatable bonds is 2. The molecule has 0 saturated carbocycles. The fourth-order valence-corrected chi connectivity index (χ4v) is 9.89. The molecule has 1 nitrogen and oxygen atoms in total. The molecule has 0 fully saturated rings. The summed E-state index contributed by atoms with van der Waals surface area (Å²) in [5.74, 6) is 0. The molecule has 5 heteroatoms. The van der Waals surface area contributed by atoms with Crippen LogP contribution in [0.2, 0.25) is 13.1 Å². The van der Waals surface area contributed by atoms with E-state index in [0.717, 1.165) is 0 Å². The van der Waals surface area contributed by atoms with Gasteiger partial charge in [0.1, 0.15) is 0 Å². The summed E-state index contributed by atoms with van der Waals surface area (Å²) in [6.45, 7) is 26.3. The van der Waals surface area contributed by atoms with Crippen LogP contribution in [0.15, 0.2) is 36.4 Å². The van der Waals surface area contributed by atoms with E-state index in [2.05, 4.69) is 114 Å². The first kappa shape index (κ1) is 30.1. The molecule has 0 spiro atoms. The summed E-state index contributed by atoms with van der Waals surface area (Å²) in [4.78, 5) is 0. The van der Waals surface area contributed by atoms with Crippen molar-refractivity contribution in [3.05, 3.63) is 58.7 Å². The number of nitrogens with zero attached hydrogens (tertiary/aromatic N) is 1. The number of halogens is 2. The number of hydrogen-bond donors (Lipinski definition) is 0. The molecular formula is C27H40Cl2NSiZr. The first-order chi connectivity index (χ1) is 13.5. The third-order valence-corrected chi connectivity index (χ3v) is 16.5. The van der Waals surface area contributed by atoms with Crippen molar-refractivity contribution in [3.63, 3.8) is 0 Å². The van der Waals surface area contributed by atoms with Crippen LogP contribution in [-0.4, -0.2) is 16.3 Å². The fourth-order valence-electron chi connectivity index (χ4n) is 4.95. The van der Waals surface area contributed by atoms with E-state index in [9.17, 15) is 0 Å². The Bertz CT molecular complexity index is 902. The van der Waals surface area contributed by atoms with Crippen LogP contribution in [0.1, 0.15) is 90.1 Å². The van der Waals surface area contributed by atoms with Crippen LogP contribution < -0.4 is 24.8 Å². The van der Waals surface area contributed by atoms with Crippen molar-refractivity contribution in [1.82, 2.24) is 2.51 Å². The maximum Gasteiger partial charge on any atom is -1.00 e. The van der Waals surface area contributed by atoms with Crippen molar-refractivity contribution in [1.29, 1.82) is 0 Å². The number of benzene rings is 2. The predicted octanol–water partition coefficient (Wildman–Crippen LogP) is 1.71. The van der Waals surface area contributed by atoms with Crippen LogP contribution in [0.4, 0.5) is 0 Å². The van der Waals surface area contributed by atoms with Crippen LogP contribution in [0.3, 0.4) is 0 Å². The molecule has 0 aromatic heterocycles. The first-order valence-electron chi connectivity index (χ1n) is 11.3. The third-order valence-electron chi connectivity index (χ3n) is 6.70. The number of hydrogen-bond acceptors (Lipinski definition) is 1. The van der Waals surface area contributed by atoms with E-state index in [-0.39, 0.29) is 41.2 Å². The predicted molar refractivity (Wildman–Crippen MR) is 130 cm³/mol. The van der Waals surface area contributed by atoms with Crippen molar-refractivity contribution in [2.75, 3.05) is 0 Å². The van der Waals surface area contributed by atoms with Crippen molar-refractivity contribution in [3.8, 4) is 11.1 Å². The Kier molecular flexibility index (Phi) is 9.05. The summed E-state index contributed by atoms with van der Waals surface area (Å²) in [5.41, 5.74) is 9.98. The summed E-state index contributed by atoms with van der Waals surface area (Å²) >= 11 is 1.54. The van der Waals surface area contributed by atoms with Gasteiger partial charge in [0.05, 0.1) is 0 Å². The summed E-state index contributed by atoms with van der Waals surface area (Å²) in [6, 6.07) is 14.6. The second-order valence-corrected chi connectivity index (χ2v) is 19.2. The average Bonchev–Trinajstić information content (AvgIpc) is 2.92. The van der Waals surface area contributed by atoms with Gasteiger partial charge in [0.2, 0.25) is 0 Å². The maximum absolute atomic E-state index is 2.80. The van der Waals surface area contributed by atoms with Crippen molar-refractivity contribution in [2.24, 2.45) is 0 Å². The molecule has 0 aliphatic heterocycles. The SMILES string of the molecule is CC(C)(C)c1ccc2c(c1)C([Si](C)(C)[N]([Zr+2])C(C)(C)C)c1cc(C(C)(C)C)ccc1-2.[Cl-].[Cl-]. The van der Waals surface area contributed by atoms with E-state index in [4.69, 9.17) is 0 Å². The van der Waals surface area contributed by atoms with Gasteiger partial charge in [0, 0.05) is 0 Å². The van der Waals surface area contributed by atoms with Gasteiger partial charge in [-0.05, 0) is 0 Å². The molecule has 3 rings (SSSR count). The number of fused-ring (bicyclic) bond motifs is 3. The topological polar surface area (TPSA) is 3.24 Å². The zero-order chi connectivity index (χ0) is 22.9. The zero-order valence-electron chi connectivity index (χ0n) is 21.7. The Labute approximate surface area is 226 Å². The zero-order valence-corrected chi connectivity index (χ0v) is 26.7. The Morgan fingerprint density at radius 3 is 1.31 bits per heavy atom. The average molecular weight is 569 g/mol. The molecule has 0 unspecified atom stereocenters. The monoisotopic (exact) mass is 566 g/mol. The normalized spacial score (nSPS) is 14.6. The molecule has 1 aliphatic rings. The Hall–Kier alpha value is 0.0800. The third kappa shape index (κ3) is 5.49. The molecular weight excluding hydrogens is 529 g/mol. The van der Waals surface area contributed by atoms with Crippen LogP contribution in [-0.2, 0) is 35.8 Å². The molecule has 0 bridgehead atoms. The molecule has 32 heavy (non-hydrogen) atoms. The fraction of sp³-hybridized carbons (Fsp3) is 0.556. The van der Waals surface area contributed by atoms with Gasteiger partial charge >= 0.3 is 203 Å². The Morgan fingerprint density at radius 1 is 0.688 bits per heavy atom. The maximum atomic E-state index is 2.80. The second-order valence-electron chi connectivity index (χ2n) is 12.7. The molecule has 0 radical (unpaired) electrons. The molecule has 175 valence electrons. The second kappa shape index (κ2) is 9.62. The van der Waals surface area contributed by atoms with Gasteiger partial charge < -0.3 is 24.8 Å². The molecule has 0 N–H and O–H groups in total. The van der Waals surface area contributed by atoms with E-state index < -0.39 is 8.24 Å². The molecule has 0 atom stereocenters. The van der Waals surface area contributed by atoms with Crippen LogP contribution in [0.5, 0.6) is 0 Å². The van der Waals surface area contributed by atoms with Gasteiger partial charge in [0.25, 0.3) is 0 Å². The van der Waals surface area contributed by atoms with E-state index in [0.29, 0.717) is 5.54 Å². The van der Waals surface area contributed by atoms with Gasteiger partial charge in [-0.3, -0.25) is 0 Å². The van der Waals surface area contributed by atoms with E-state index >= 15 is 0 Å². The Morgan fingerprint density at radius 2 is 1.03 bits per heavy atom. The molecule has 2 aromatic carbocycles. The van der Waals surface area contributed by atoms with Crippen LogP contribution in [0.25, 0.3) is 11.1 Å². The van der Waals surface area contributed by atoms with Crippen molar-refractivity contribution >= 4 is 8.24 Å². The summed E-state index contributed by atoms with van der Waals surface area (Å²) in [5, 5.41) is 0. The molecule has 1 aliphatic carbocycles. The van der Waals surface area contributed by atoms with Gasteiger partial charge in [0.15, 0.2) is 0 Å². The molecule has 0 amide bonds. The minimum Gasteiger partial charge on any atom is -1.00 e. The molecule has 2 aromatic rings. The summed E-state index contributed by atoms with van der Waals surface area (Å²) in [6.07, 6.45) is 0. The molecule has 0 saturated heterocycles. The van der Waals surface area contributed by atoms with Crippen molar-refractivity contribution in [2.45, 2.75) is 97.3 Å². The van der Waals surface area contributed by atoms with Crippen LogP contribution in [0, 0.1) is 0 Å². The van der Waals surface area contributed by atoms with E-state index in [1.54, 1.807) is 11.1 Å². The largest absolute Gasteiger partial charge is 1.00 e. The van der Waals surface area contributed by atoms with Crippen molar-refractivity contribution < 1.29 is 49.8 Å². The van der Waals surface area contributed by atoms with E-state index in [1.807, 2.05) is 0 Å². The minimum atomic E-state index is -1.80. The van der Waals surface area contributed by atoms with Gasteiger partial charge in [-0.1, -0.05) is 0 Å². The smallest absolute Gasteiger partial charge is 1.00 e. The summed E-state index contributed by atoms with van der Waals surface area (Å²) in [7, 11) is -1.80.